The molecule has 0 N–H and O–H groups in total. The second-order valence-corrected chi connectivity index (χ2v) is 10.4. The van der Waals surface area contributed by atoms with Crippen LogP contribution in [0.15, 0.2) is 52.4 Å². The predicted molar refractivity (Wildman–Crippen MR) is 140 cm³/mol. The lowest BCUT2D eigenvalue weighted by Gasteiger charge is -2.36. The van der Waals surface area contributed by atoms with E-state index in [1.807, 2.05) is 27.8 Å². The zero-order valence-corrected chi connectivity index (χ0v) is 21.5. The Morgan fingerprint density at radius 2 is 1.83 bits per heavy atom. The lowest BCUT2D eigenvalue weighted by molar-refractivity contribution is -0.0000302. The lowest BCUT2D eigenvalue weighted by Crippen LogP contribution is -2.38. The zero-order chi connectivity index (χ0) is 26.0. The summed E-state index contributed by atoms with van der Waals surface area (Å²) >= 11 is 0. The van der Waals surface area contributed by atoms with Gasteiger partial charge in [0, 0.05) is 32.1 Å². The molecule has 188 valence electrons. The monoisotopic (exact) mass is 489 g/mol. The van der Waals surface area contributed by atoms with Crippen LogP contribution < -0.4 is 10.5 Å². The highest BCUT2D eigenvalue weighted by molar-refractivity contribution is 6.02. The van der Waals surface area contributed by atoms with Crippen molar-refractivity contribution in [1.82, 2.24) is 9.55 Å². The average molecular weight is 490 g/mol. The van der Waals surface area contributed by atoms with Gasteiger partial charge >= 0.3 is 0 Å². The van der Waals surface area contributed by atoms with Crippen molar-refractivity contribution in [2.24, 2.45) is 18.1 Å². The molecule has 0 radical (unpaired) electrons. The van der Waals surface area contributed by atoms with Gasteiger partial charge < -0.3 is 14.3 Å². The number of fused-ring (bicyclic) bond motifs is 1. The molecule has 0 saturated heterocycles. The van der Waals surface area contributed by atoms with Crippen LogP contribution in [0, 0.1) is 23.1 Å². The van der Waals surface area contributed by atoms with Crippen molar-refractivity contribution in [1.29, 1.82) is 5.26 Å². The molecular weight excluding hydrogens is 457 g/mol. The van der Waals surface area contributed by atoms with E-state index in [0.717, 1.165) is 42.6 Å². The Kier molecular flexibility index (Phi) is 7.11. The van der Waals surface area contributed by atoms with Crippen LogP contribution in [-0.2, 0) is 11.9 Å². The molecule has 4 rings (SSSR count). The van der Waals surface area contributed by atoms with Crippen LogP contribution in [0.25, 0.3) is 11.0 Å². The highest BCUT2D eigenvalue weighted by Crippen LogP contribution is 2.34. The number of hydrogen-bond donors (Lipinski definition) is 0. The predicted octanol–water partition coefficient (Wildman–Crippen LogP) is 5.16. The van der Waals surface area contributed by atoms with Crippen LogP contribution in [0.2, 0.25) is 0 Å². The molecule has 3 aromatic rings. The molecule has 1 aromatic carbocycles. The van der Waals surface area contributed by atoms with Gasteiger partial charge in [0.25, 0.3) is 5.56 Å². The first-order chi connectivity index (χ1) is 17.1. The number of hydrogen-bond acceptors (Lipinski definition) is 6. The van der Waals surface area contributed by atoms with Gasteiger partial charge in [-0.15, -0.1) is 0 Å². The standard InChI is InChI=1S/C28H32FN5O2/c1-28(2,3)36-32-26(18-6-10-20(29)11-7-18)19-8-13-22(14-9-19)33(4)24-16-25(35)34(5)23-15-12-21(17-30)31-27(23)24/h6-7,10-12,15-16,19,22H,8-9,13-14H2,1-5H3/b32-26+/t19-,22+. The fourth-order valence-corrected chi connectivity index (χ4v) is 4.75. The normalized spacial score (nSPS) is 18.6. The molecule has 0 atom stereocenters. The summed E-state index contributed by atoms with van der Waals surface area (Å²) in [5.74, 6) is -0.110. The molecule has 36 heavy (non-hydrogen) atoms. The summed E-state index contributed by atoms with van der Waals surface area (Å²) in [7, 11) is 3.70. The Bertz CT molecular complexity index is 1370. The number of halogens is 1. The molecule has 0 amide bonds. The van der Waals surface area contributed by atoms with E-state index in [4.69, 9.17) is 4.84 Å². The third-order valence-corrected chi connectivity index (χ3v) is 6.75. The number of anilines is 1. The van der Waals surface area contributed by atoms with Gasteiger partial charge in [0.05, 0.1) is 16.9 Å². The molecule has 0 spiro atoms. The van der Waals surface area contributed by atoms with Crippen molar-refractivity contribution >= 4 is 22.4 Å². The summed E-state index contributed by atoms with van der Waals surface area (Å²) in [6.45, 7) is 5.85. The third kappa shape index (κ3) is 5.40. The SMILES string of the molecule is Cn1c(=O)cc(N(C)[C@H]2CC[C@@H](/C(=N/OC(C)(C)C)c3ccc(F)cc3)CC2)c2nc(C#N)ccc21. The molecular formula is C28H32FN5O2. The van der Waals surface area contributed by atoms with E-state index < -0.39 is 5.60 Å². The highest BCUT2D eigenvalue weighted by Gasteiger charge is 2.30. The fraction of sp³-hybridized carbons (Fsp3) is 0.429. The molecule has 2 heterocycles. The van der Waals surface area contributed by atoms with E-state index >= 15 is 0 Å². The first-order valence-corrected chi connectivity index (χ1v) is 12.2. The Hall–Kier alpha value is -3.73. The van der Waals surface area contributed by atoms with Crippen molar-refractivity contribution < 1.29 is 9.23 Å². The van der Waals surface area contributed by atoms with Gasteiger partial charge in [-0.05, 0) is 76.3 Å². The number of aromatic nitrogens is 2. The number of nitriles is 1. The van der Waals surface area contributed by atoms with E-state index in [-0.39, 0.29) is 23.3 Å². The molecule has 1 fully saturated rings. The second kappa shape index (κ2) is 10.1. The smallest absolute Gasteiger partial charge is 0.252 e. The van der Waals surface area contributed by atoms with E-state index in [0.29, 0.717) is 16.7 Å². The summed E-state index contributed by atoms with van der Waals surface area (Å²) in [4.78, 5) is 25.1. The van der Waals surface area contributed by atoms with Gasteiger partial charge in [0.2, 0.25) is 0 Å². The Morgan fingerprint density at radius 1 is 1.17 bits per heavy atom. The van der Waals surface area contributed by atoms with Gasteiger partial charge in [0.15, 0.2) is 0 Å². The van der Waals surface area contributed by atoms with Gasteiger partial charge in [-0.25, -0.2) is 9.37 Å². The quantitative estimate of drug-likeness (QED) is 0.365. The number of oxime groups is 1. The maximum atomic E-state index is 13.6. The summed E-state index contributed by atoms with van der Waals surface area (Å²) in [5, 5.41) is 13.9. The van der Waals surface area contributed by atoms with Crippen molar-refractivity contribution in [3.05, 3.63) is 69.9 Å². The van der Waals surface area contributed by atoms with Gasteiger partial charge in [-0.1, -0.05) is 17.3 Å². The number of aryl methyl sites for hydroxylation is 1. The summed E-state index contributed by atoms with van der Waals surface area (Å²) in [6.07, 6.45) is 3.51. The van der Waals surface area contributed by atoms with Crippen molar-refractivity contribution in [3.8, 4) is 6.07 Å². The molecule has 0 aliphatic heterocycles. The zero-order valence-electron chi connectivity index (χ0n) is 21.5. The molecule has 1 aliphatic rings. The number of rotatable bonds is 5. The van der Waals surface area contributed by atoms with Crippen LogP contribution >= 0.6 is 0 Å². The number of benzene rings is 1. The molecule has 1 aliphatic carbocycles. The van der Waals surface area contributed by atoms with Gasteiger partial charge in [0.1, 0.15) is 28.7 Å². The molecule has 8 heteroatoms. The van der Waals surface area contributed by atoms with Crippen molar-refractivity contribution in [2.45, 2.75) is 58.1 Å². The van der Waals surface area contributed by atoms with E-state index in [2.05, 4.69) is 21.1 Å². The van der Waals surface area contributed by atoms with Crippen LogP contribution in [0.4, 0.5) is 10.1 Å². The maximum absolute atomic E-state index is 13.6. The largest absolute Gasteiger partial charge is 0.390 e. The number of nitrogens with zero attached hydrogens (tertiary/aromatic N) is 5. The minimum absolute atomic E-state index is 0.116. The van der Waals surface area contributed by atoms with E-state index in [1.165, 1.54) is 12.1 Å². The van der Waals surface area contributed by atoms with Crippen LogP contribution in [0.5, 0.6) is 0 Å². The van der Waals surface area contributed by atoms with Crippen molar-refractivity contribution in [2.75, 3.05) is 11.9 Å². The fourth-order valence-electron chi connectivity index (χ4n) is 4.75. The Morgan fingerprint density at radius 3 is 2.44 bits per heavy atom. The van der Waals surface area contributed by atoms with Crippen LogP contribution in [-0.4, -0.2) is 34.0 Å². The second-order valence-electron chi connectivity index (χ2n) is 10.4. The molecule has 1 saturated carbocycles. The number of pyridine rings is 2. The van der Waals surface area contributed by atoms with E-state index in [1.54, 1.807) is 41.9 Å². The molecule has 0 bridgehead atoms. The summed E-state index contributed by atoms with van der Waals surface area (Å²) in [5.41, 5.74) is 3.55. The van der Waals surface area contributed by atoms with Gasteiger partial charge in [-0.3, -0.25) is 4.79 Å². The lowest BCUT2D eigenvalue weighted by atomic mass is 9.80. The third-order valence-electron chi connectivity index (χ3n) is 6.75. The Balaban J connectivity index is 1.59. The first kappa shape index (κ1) is 25.4. The maximum Gasteiger partial charge on any atom is 0.252 e. The molecule has 7 nitrogen and oxygen atoms in total. The minimum Gasteiger partial charge on any atom is -0.390 e. The van der Waals surface area contributed by atoms with Gasteiger partial charge in [-0.2, -0.15) is 5.26 Å². The molecule has 0 unspecified atom stereocenters. The van der Waals surface area contributed by atoms with Crippen molar-refractivity contribution in [3.63, 3.8) is 0 Å². The minimum atomic E-state index is -0.432. The topological polar surface area (TPSA) is 83.5 Å². The Labute approximate surface area is 210 Å². The molecule has 2 aromatic heterocycles. The van der Waals surface area contributed by atoms with Crippen LogP contribution in [0.1, 0.15) is 57.7 Å². The first-order valence-electron chi connectivity index (χ1n) is 12.2. The van der Waals surface area contributed by atoms with Crippen LogP contribution in [0.3, 0.4) is 0 Å². The highest BCUT2D eigenvalue weighted by atomic mass is 19.1. The average Bonchev–Trinajstić information content (AvgIpc) is 2.86. The summed E-state index contributed by atoms with van der Waals surface area (Å²) in [6, 6.07) is 13.7. The summed E-state index contributed by atoms with van der Waals surface area (Å²) < 4.78 is 15.1. The van der Waals surface area contributed by atoms with E-state index in [9.17, 15) is 14.4 Å².